The van der Waals surface area contributed by atoms with Gasteiger partial charge in [-0.15, -0.1) is 11.3 Å². The van der Waals surface area contributed by atoms with Gasteiger partial charge in [0.2, 0.25) is 0 Å². The minimum atomic E-state index is -0.727. The number of carbonyl (C=O) groups is 2. The molecule has 5 nitrogen and oxygen atoms in total. The maximum absolute atomic E-state index is 12.6. The quantitative estimate of drug-likeness (QED) is 0.538. The first-order valence-electron chi connectivity index (χ1n) is 9.38. The van der Waals surface area contributed by atoms with Gasteiger partial charge in [0.15, 0.2) is 6.10 Å². The smallest absolute Gasteiger partial charge is 0.341 e. The summed E-state index contributed by atoms with van der Waals surface area (Å²) < 4.78 is 10.8. The summed E-state index contributed by atoms with van der Waals surface area (Å²) in [4.78, 5) is 25.5. The van der Waals surface area contributed by atoms with Crippen LogP contribution >= 0.6 is 11.3 Å². The minimum Gasteiger partial charge on any atom is -0.481 e. The first kappa shape index (κ1) is 20.6. The second kappa shape index (κ2) is 9.39. The van der Waals surface area contributed by atoms with Crippen molar-refractivity contribution in [3.05, 3.63) is 71.1 Å². The highest BCUT2D eigenvalue weighted by Gasteiger charge is 2.21. The van der Waals surface area contributed by atoms with E-state index in [0.717, 1.165) is 16.0 Å². The van der Waals surface area contributed by atoms with Crippen molar-refractivity contribution in [2.45, 2.75) is 26.9 Å². The number of benzene rings is 2. The van der Waals surface area contributed by atoms with E-state index in [1.165, 1.54) is 11.3 Å². The second-order valence-corrected chi connectivity index (χ2v) is 7.72. The van der Waals surface area contributed by atoms with Crippen LogP contribution in [0.5, 0.6) is 5.75 Å². The number of carbonyl (C=O) groups excluding carboxylic acids is 2. The molecule has 0 aliphatic rings. The maximum atomic E-state index is 12.6. The van der Waals surface area contributed by atoms with Crippen LogP contribution in [-0.4, -0.2) is 24.6 Å². The number of rotatable bonds is 7. The van der Waals surface area contributed by atoms with Crippen LogP contribution in [0.1, 0.15) is 29.1 Å². The van der Waals surface area contributed by atoms with E-state index in [1.54, 1.807) is 19.9 Å². The summed E-state index contributed by atoms with van der Waals surface area (Å²) in [7, 11) is 0. The van der Waals surface area contributed by atoms with Crippen LogP contribution in [-0.2, 0) is 9.53 Å². The van der Waals surface area contributed by atoms with Crippen LogP contribution in [0, 0.1) is 6.92 Å². The Morgan fingerprint density at radius 2 is 1.69 bits per heavy atom. The van der Waals surface area contributed by atoms with Crippen molar-refractivity contribution in [1.29, 1.82) is 0 Å². The number of hydrogen-bond donors (Lipinski definition) is 1. The summed E-state index contributed by atoms with van der Waals surface area (Å²) in [5.41, 5.74) is 2.55. The van der Waals surface area contributed by atoms with Crippen LogP contribution in [0.25, 0.3) is 11.1 Å². The van der Waals surface area contributed by atoms with E-state index < -0.39 is 12.1 Å². The fraction of sp³-hybridized carbons (Fsp3) is 0.217. The van der Waals surface area contributed by atoms with Gasteiger partial charge in [-0.2, -0.15) is 0 Å². The number of ether oxygens (including phenoxy) is 2. The number of anilines is 1. The highest BCUT2D eigenvalue weighted by molar-refractivity contribution is 7.16. The van der Waals surface area contributed by atoms with Crippen molar-refractivity contribution in [2.24, 2.45) is 0 Å². The van der Waals surface area contributed by atoms with E-state index in [4.69, 9.17) is 9.47 Å². The zero-order chi connectivity index (χ0) is 20.8. The highest BCUT2D eigenvalue weighted by Crippen LogP contribution is 2.29. The van der Waals surface area contributed by atoms with Gasteiger partial charge in [-0.05, 0) is 50.1 Å². The Kier molecular flexibility index (Phi) is 6.67. The summed E-state index contributed by atoms with van der Waals surface area (Å²) in [6.07, 6.45) is -0.727. The zero-order valence-electron chi connectivity index (χ0n) is 16.6. The zero-order valence-corrected chi connectivity index (χ0v) is 17.4. The first-order chi connectivity index (χ1) is 14.0. The number of hydrogen-bond acceptors (Lipinski definition) is 5. The molecule has 0 unspecified atom stereocenters. The van der Waals surface area contributed by atoms with E-state index >= 15 is 0 Å². The van der Waals surface area contributed by atoms with Crippen molar-refractivity contribution < 1.29 is 19.1 Å². The summed E-state index contributed by atoms with van der Waals surface area (Å²) in [5, 5.41) is 3.25. The molecule has 6 heteroatoms. The fourth-order valence-corrected chi connectivity index (χ4v) is 3.70. The lowest BCUT2D eigenvalue weighted by atomic mass is 10.1. The van der Waals surface area contributed by atoms with E-state index in [0.29, 0.717) is 16.3 Å². The van der Waals surface area contributed by atoms with Gasteiger partial charge >= 0.3 is 5.97 Å². The molecular formula is C23H23NO4S. The molecular weight excluding hydrogens is 386 g/mol. The van der Waals surface area contributed by atoms with Crippen molar-refractivity contribution in [3.63, 3.8) is 0 Å². The molecule has 1 N–H and O–H groups in total. The Bertz CT molecular complexity index is 980. The molecule has 1 amide bonds. The second-order valence-electron chi connectivity index (χ2n) is 6.46. The molecule has 0 aliphatic heterocycles. The summed E-state index contributed by atoms with van der Waals surface area (Å²) in [6.45, 7) is 5.57. The predicted octanol–water partition coefficient (Wildman–Crippen LogP) is 5.31. The van der Waals surface area contributed by atoms with Crippen molar-refractivity contribution in [2.75, 3.05) is 11.9 Å². The fourth-order valence-electron chi connectivity index (χ4n) is 2.80. The standard InChI is InChI=1S/C23H23NO4S/c1-4-27-23(26)20-14-15(2)29-22(20)24-21(25)16(3)28-19-12-10-18(11-13-19)17-8-6-5-7-9-17/h5-14,16H,4H2,1-3H3,(H,24,25)/t16-/m0/s1. The maximum Gasteiger partial charge on any atom is 0.341 e. The van der Waals surface area contributed by atoms with Crippen LogP contribution in [0.2, 0.25) is 0 Å². The molecule has 0 aliphatic carbocycles. The molecule has 1 heterocycles. The Labute approximate surface area is 174 Å². The Morgan fingerprint density at radius 3 is 2.34 bits per heavy atom. The topological polar surface area (TPSA) is 64.6 Å². The van der Waals surface area contributed by atoms with Gasteiger partial charge < -0.3 is 14.8 Å². The predicted molar refractivity (Wildman–Crippen MR) is 116 cm³/mol. The summed E-state index contributed by atoms with van der Waals surface area (Å²) >= 11 is 1.33. The summed E-state index contributed by atoms with van der Waals surface area (Å²) in [5.74, 6) is -0.179. The van der Waals surface area contributed by atoms with Crippen molar-refractivity contribution >= 4 is 28.2 Å². The van der Waals surface area contributed by atoms with Crippen LogP contribution in [0.15, 0.2) is 60.7 Å². The van der Waals surface area contributed by atoms with E-state index in [-0.39, 0.29) is 12.5 Å². The van der Waals surface area contributed by atoms with Crippen molar-refractivity contribution in [1.82, 2.24) is 0 Å². The van der Waals surface area contributed by atoms with Crippen LogP contribution in [0.3, 0.4) is 0 Å². The van der Waals surface area contributed by atoms with Gasteiger partial charge in [0.05, 0.1) is 12.2 Å². The molecule has 0 saturated heterocycles. The Balaban J connectivity index is 1.65. The Morgan fingerprint density at radius 1 is 1.03 bits per heavy atom. The van der Waals surface area contributed by atoms with Gasteiger partial charge in [-0.1, -0.05) is 42.5 Å². The van der Waals surface area contributed by atoms with Gasteiger partial charge in [0.1, 0.15) is 10.8 Å². The monoisotopic (exact) mass is 409 g/mol. The van der Waals surface area contributed by atoms with E-state index in [9.17, 15) is 9.59 Å². The lowest BCUT2D eigenvalue weighted by Crippen LogP contribution is -2.30. The van der Waals surface area contributed by atoms with Crippen molar-refractivity contribution in [3.8, 4) is 16.9 Å². The molecule has 0 radical (unpaired) electrons. The average Bonchev–Trinajstić information content (AvgIpc) is 3.09. The molecule has 0 spiro atoms. The highest BCUT2D eigenvalue weighted by atomic mass is 32.1. The van der Waals surface area contributed by atoms with Crippen LogP contribution in [0.4, 0.5) is 5.00 Å². The molecule has 3 aromatic rings. The number of esters is 1. The molecule has 1 atom stereocenters. The minimum absolute atomic E-state index is 0.277. The third-order valence-electron chi connectivity index (χ3n) is 4.23. The molecule has 0 saturated carbocycles. The van der Waals surface area contributed by atoms with E-state index in [2.05, 4.69) is 5.32 Å². The third kappa shape index (κ3) is 5.23. The lowest BCUT2D eigenvalue weighted by molar-refractivity contribution is -0.122. The number of nitrogens with one attached hydrogen (secondary N) is 1. The lowest BCUT2D eigenvalue weighted by Gasteiger charge is -2.15. The molecule has 150 valence electrons. The third-order valence-corrected chi connectivity index (χ3v) is 5.20. The van der Waals surface area contributed by atoms with Gasteiger partial charge in [0, 0.05) is 4.88 Å². The molecule has 0 fully saturated rings. The van der Waals surface area contributed by atoms with Gasteiger partial charge in [-0.25, -0.2) is 4.79 Å². The molecule has 1 aromatic heterocycles. The molecule has 0 bridgehead atoms. The largest absolute Gasteiger partial charge is 0.481 e. The Hall–Kier alpha value is -3.12. The first-order valence-corrected chi connectivity index (χ1v) is 10.2. The van der Waals surface area contributed by atoms with E-state index in [1.807, 2.05) is 61.5 Å². The molecule has 3 rings (SSSR count). The van der Waals surface area contributed by atoms with Crippen LogP contribution < -0.4 is 10.1 Å². The normalized spacial score (nSPS) is 11.6. The SMILES string of the molecule is CCOC(=O)c1cc(C)sc1NC(=O)[C@H](C)Oc1ccc(-c2ccccc2)cc1. The molecule has 29 heavy (non-hydrogen) atoms. The number of thiophene rings is 1. The number of aryl methyl sites for hydroxylation is 1. The molecule has 2 aromatic carbocycles. The summed E-state index contributed by atoms with van der Waals surface area (Å²) in [6, 6.07) is 19.3. The van der Waals surface area contributed by atoms with Gasteiger partial charge in [-0.3, -0.25) is 4.79 Å². The average molecular weight is 410 g/mol. The number of amides is 1. The van der Waals surface area contributed by atoms with Gasteiger partial charge in [0.25, 0.3) is 5.91 Å².